The maximum absolute atomic E-state index is 11.6. The fourth-order valence-corrected chi connectivity index (χ4v) is 3.41. The van der Waals surface area contributed by atoms with E-state index in [9.17, 15) is 9.59 Å². The van der Waals surface area contributed by atoms with Crippen molar-refractivity contribution in [1.82, 2.24) is 15.5 Å². The number of carbonyl (C=O) groups is 2. The van der Waals surface area contributed by atoms with Crippen LogP contribution in [-0.4, -0.2) is 35.1 Å². The number of H-pyrrole nitrogens is 1. The number of hydrogen-bond acceptors (Lipinski definition) is 4. The molecule has 0 bridgehead atoms. The molecule has 1 aliphatic heterocycles. The van der Waals surface area contributed by atoms with E-state index in [-0.39, 0.29) is 11.8 Å². The van der Waals surface area contributed by atoms with E-state index in [1.54, 1.807) is 37.4 Å². The van der Waals surface area contributed by atoms with Gasteiger partial charge in [0.1, 0.15) is 0 Å². The molecule has 4 N–H and O–H groups in total. The van der Waals surface area contributed by atoms with E-state index in [0.29, 0.717) is 17.8 Å². The molecule has 0 saturated heterocycles. The van der Waals surface area contributed by atoms with Gasteiger partial charge in [-0.05, 0) is 73.4 Å². The van der Waals surface area contributed by atoms with Crippen molar-refractivity contribution in [2.24, 2.45) is 0 Å². The van der Waals surface area contributed by atoms with Gasteiger partial charge < -0.3 is 16.0 Å². The number of aromatic nitrogens is 2. The third kappa shape index (κ3) is 6.44. The van der Waals surface area contributed by atoms with Crippen molar-refractivity contribution in [2.45, 2.75) is 40.5 Å². The van der Waals surface area contributed by atoms with Crippen molar-refractivity contribution >= 4 is 23.2 Å². The van der Waals surface area contributed by atoms with E-state index in [0.717, 1.165) is 36.3 Å². The van der Waals surface area contributed by atoms with Crippen LogP contribution in [0, 0.1) is 0 Å². The summed E-state index contributed by atoms with van der Waals surface area (Å²) in [7, 11) is 0. The minimum atomic E-state index is -0.0579. The molecule has 0 radical (unpaired) electrons. The zero-order valence-electron chi connectivity index (χ0n) is 19.3. The molecule has 0 atom stereocenters. The summed E-state index contributed by atoms with van der Waals surface area (Å²) in [5.74, 6) is 0.0581. The Kier molecular flexibility index (Phi) is 9.47. The molecule has 1 aromatic heterocycles. The number of carbonyl (C=O) groups excluding carboxylic acids is 2. The molecular weight excluding hydrogens is 402 g/mol. The molecule has 4 rings (SSSR count). The number of nitrogens with two attached hydrogens (primary N) is 1. The van der Waals surface area contributed by atoms with Crippen LogP contribution >= 0.6 is 0 Å². The fourth-order valence-electron chi connectivity index (χ4n) is 3.41. The zero-order valence-corrected chi connectivity index (χ0v) is 19.3. The third-order valence-electron chi connectivity index (χ3n) is 4.90. The number of aromatic amines is 1. The van der Waals surface area contributed by atoms with Gasteiger partial charge in [-0.25, -0.2) is 0 Å². The second-order valence-electron chi connectivity index (χ2n) is 7.07. The number of nitrogens with one attached hydrogen (secondary N) is 2. The van der Waals surface area contributed by atoms with Gasteiger partial charge in [0.2, 0.25) is 5.91 Å². The van der Waals surface area contributed by atoms with E-state index in [1.807, 2.05) is 43.9 Å². The first-order valence-corrected chi connectivity index (χ1v) is 11.0. The first kappa shape index (κ1) is 24.7. The molecule has 0 saturated carbocycles. The van der Waals surface area contributed by atoms with Crippen LogP contribution in [0.25, 0.3) is 11.3 Å². The minimum Gasteiger partial charge on any atom is -0.399 e. The molecule has 0 spiro atoms. The highest BCUT2D eigenvalue weighted by atomic mass is 16.2. The molecule has 2 aromatic carbocycles. The van der Waals surface area contributed by atoms with Crippen LogP contribution in [0.4, 0.5) is 11.4 Å². The Balaban J connectivity index is 0.000000227. The quantitative estimate of drug-likeness (QED) is 0.530. The lowest BCUT2D eigenvalue weighted by molar-refractivity contribution is -0.116. The Morgan fingerprint density at radius 2 is 1.84 bits per heavy atom. The predicted molar refractivity (Wildman–Crippen MR) is 131 cm³/mol. The highest BCUT2D eigenvalue weighted by Crippen LogP contribution is 2.31. The number of fused-ring (bicyclic) bond motifs is 1. The van der Waals surface area contributed by atoms with E-state index < -0.39 is 0 Å². The van der Waals surface area contributed by atoms with Gasteiger partial charge in [-0.1, -0.05) is 19.9 Å². The van der Waals surface area contributed by atoms with E-state index in [1.165, 1.54) is 5.56 Å². The fraction of sp³-hybridized carbons (Fsp3) is 0.320. The zero-order chi connectivity index (χ0) is 23.5. The molecule has 3 aromatic rings. The topological polar surface area (TPSA) is 104 Å². The normalized spacial score (nSPS) is 11.8. The number of aryl methyl sites for hydroxylation is 1. The van der Waals surface area contributed by atoms with Crippen LogP contribution in [-0.2, 0) is 11.2 Å². The van der Waals surface area contributed by atoms with Gasteiger partial charge in [-0.3, -0.25) is 14.7 Å². The monoisotopic (exact) mass is 435 g/mol. The lowest BCUT2D eigenvalue weighted by Crippen LogP contribution is -2.33. The summed E-state index contributed by atoms with van der Waals surface area (Å²) in [4.78, 5) is 24.6. The average molecular weight is 436 g/mol. The van der Waals surface area contributed by atoms with E-state index in [4.69, 9.17) is 5.73 Å². The van der Waals surface area contributed by atoms with Crippen molar-refractivity contribution in [2.75, 3.05) is 23.7 Å². The first-order valence-electron chi connectivity index (χ1n) is 11.0. The Hall–Kier alpha value is -3.61. The Morgan fingerprint density at radius 1 is 1.12 bits per heavy atom. The summed E-state index contributed by atoms with van der Waals surface area (Å²) in [5, 5.41) is 9.63. The molecule has 0 unspecified atom stereocenters. The Labute approximate surface area is 190 Å². The van der Waals surface area contributed by atoms with Crippen molar-refractivity contribution in [3.8, 4) is 11.3 Å². The number of nitrogens with zero attached hydrogens (tertiary/aromatic N) is 2. The molecule has 2 heterocycles. The predicted octanol–water partition coefficient (Wildman–Crippen LogP) is 4.42. The number of benzene rings is 2. The van der Waals surface area contributed by atoms with Crippen LogP contribution in [0.5, 0.6) is 0 Å². The first-order chi connectivity index (χ1) is 15.5. The third-order valence-corrected chi connectivity index (χ3v) is 4.90. The summed E-state index contributed by atoms with van der Waals surface area (Å²) >= 11 is 0. The van der Waals surface area contributed by atoms with Crippen LogP contribution in [0.15, 0.2) is 54.7 Å². The summed E-state index contributed by atoms with van der Waals surface area (Å²) in [6.45, 7) is 8.97. The van der Waals surface area contributed by atoms with Gasteiger partial charge in [0.15, 0.2) is 0 Å². The van der Waals surface area contributed by atoms with Crippen molar-refractivity contribution < 1.29 is 9.59 Å². The SMILES string of the molecule is CC.CC(=O)N1CCCc2cc(-c3ccn[nH]3)ccc21.CCNC(=O)c1ccc(N)cc1. The second kappa shape index (κ2) is 12.3. The van der Waals surface area contributed by atoms with Crippen molar-refractivity contribution in [3.05, 3.63) is 65.9 Å². The molecule has 1 aliphatic rings. The van der Waals surface area contributed by atoms with Crippen molar-refractivity contribution in [1.29, 1.82) is 0 Å². The highest BCUT2D eigenvalue weighted by molar-refractivity contribution is 5.94. The summed E-state index contributed by atoms with van der Waals surface area (Å²) in [6, 6.07) is 15.0. The van der Waals surface area contributed by atoms with Gasteiger partial charge in [0.05, 0.1) is 5.69 Å². The summed E-state index contributed by atoms with van der Waals surface area (Å²) < 4.78 is 0. The molecule has 0 fully saturated rings. The van der Waals surface area contributed by atoms with Gasteiger partial charge in [-0.15, -0.1) is 0 Å². The van der Waals surface area contributed by atoms with Crippen molar-refractivity contribution in [3.63, 3.8) is 0 Å². The number of rotatable bonds is 3. The van der Waals surface area contributed by atoms with Gasteiger partial charge >= 0.3 is 0 Å². The number of hydrogen-bond donors (Lipinski definition) is 3. The Morgan fingerprint density at radius 3 is 2.44 bits per heavy atom. The maximum atomic E-state index is 11.6. The largest absolute Gasteiger partial charge is 0.399 e. The van der Waals surface area contributed by atoms with Gasteiger partial charge in [0, 0.05) is 43.1 Å². The lowest BCUT2D eigenvalue weighted by atomic mass is 9.98. The highest BCUT2D eigenvalue weighted by Gasteiger charge is 2.20. The minimum absolute atomic E-state index is 0.0579. The standard InChI is InChI=1S/C14H15N3O.C9H12N2O.C2H6/c1-10(18)17-8-2-3-12-9-11(4-5-14(12)17)13-6-7-15-16-13;1-2-11-9(12)7-3-5-8(10)6-4-7;1-2/h4-7,9H,2-3,8H2,1H3,(H,15,16);3-6H,2,10H2,1H3,(H,11,12);1-2H3. The number of nitrogen functional groups attached to an aromatic ring is 1. The molecule has 7 nitrogen and oxygen atoms in total. The molecule has 7 heteroatoms. The van der Waals surface area contributed by atoms with Crippen LogP contribution in [0.1, 0.15) is 50.0 Å². The van der Waals surface area contributed by atoms with Crippen LogP contribution in [0.3, 0.4) is 0 Å². The summed E-state index contributed by atoms with van der Waals surface area (Å²) in [5.41, 5.74) is 11.2. The molecule has 170 valence electrons. The molecule has 2 amide bonds. The number of amides is 2. The Bertz CT molecular complexity index is 998. The molecule has 32 heavy (non-hydrogen) atoms. The van der Waals surface area contributed by atoms with Gasteiger partial charge in [0.25, 0.3) is 5.91 Å². The second-order valence-corrected chi connectivity index (χ2v) is 7.07. The summed E-state index contributed by atoms with van der Waals surface area (Å²) in [6.07, 6.45) is 3.80. The van der Waals surface area contributed by atoms with E-state index in [2.05, 4.69) is 21.6 Å². The van der Waals surface area contributed by atoms with E-state index >= 15 is 0 Å². The van der Waals surface area contributed by atoms with Crippen LogP contribution in [0.2, 0.25) is 0 Å². The average Bonchev–Trinajstić information content (AvgIpc) is 3.36. The smallest absolute Gasteiger partial charge is 0.251 e. The number of anilines is 2. The lowest BCUT2D eigenvalue weighted by Gasteiger charge is -2.28. The maximum Gasteiger partial charge on any atom is 0.251 e. The molecular formula is C25H33N5O2. The van der Waals surface area contributed by atoms with Gasteiger partial charge in [-0.2, -0.15) is 5.10 Å². The molecule has 0 aliphatic carbocycles. The van der Waals surface area contributed by atoms with Crippen LogP contribution < -0.4 is 16.0 Å².